The lowest BCUT2D eigenvalue weighted by Gasteiger charge is -2.23. The average molecular weight is 389 g/mol. The predicted octanol–water partition coefficient (Wildman–Crippen LogP) is 2.07. The van der Waals surface area contributed by atoms with Crippen molar-refractivity contribution in [3.8, 4) is 0 Å². The van der Waals surface area contributed by atoms with Crippen molar-refractivity contribution in [2.75, 3.05) is 27.7 Å². The number of fused-ring (bicyclic) bond motifs is 3. The summed E-state index contributed by atoms with van der Waals surface area (Å²) in [5.41, 5.74) is 2.75. The average Bonchev–Trinajstić information content (AvgIpc) is 2.84. The van der Waals surface area contributed by atoms with Crippen LogP contribution in [0.15, 0.2) is 48.5 Å². The Morgan fingerprint density at radius 1 is 0.708 bits per heavy atom. The van der Waals surface area contributed by atoms with E-state index in [0.29, 0.717) is 0 Å². The number of nitrogens with zero attached hydrogens (tertiary/aromatic N) is 2. The molecule has 2 nitrogen and oxygen atoms in total. The van der Waals surface area contributed by atoms with E-state index < -0.39 is 0 Å². The first-order valence-corrected chi connectivity index (χ1v) is 8.83. The summed E-state index contributed by atoms with van der Waals surface area (Å²) in [4.78, 5) is 0. The SMILES string of the molecule is C[N+](C)(C)CCCCCCn1c2ccccc2c2ccccc21.[Br-]. The molecule has 0 atom stereocenters. The number of quaternary nitrogens is 1. The first kappa shape index (κ1) is 19.0. The van der Waals surface area contributed by atoms with Crippen LogP contribution < -0.4 is 17.0 Å². The highest BCUT2D eigenvalue weighted by Gasteiger charge is 2.09. The van der Waals surface area contributed by atoms with Gasteiger partial charge in [0.2, 0.25) is 0 Å². The van der Waals surface area contributed by atoms with Crippen LogP contribution >= 0.6 is 0 Å². The first-order valence-electron chi connectivity index (χ1n) is 8.83. The monoisotopic (exact) mass is 388 g/mol. The molecule has 0 saturated carbocycles. The number of hydrogen-bond donors (Lipinski definition) is 0. The molecule has 130 valence electrons. The molecule has 0 N–H and O–H groups in total. The van der Waals surface area contributed by atoms with Crippen molar-refractivity contribution in [1.29, 1.82) is 0 Å². The second kappa shape index (κ2) is 8.17. The van der Waals surface area contributed by atoms with Crippen LogP contribution in [0.2, 0.25) is 0 Å². The highest BCUT2D eigenvalue weighted by atomic mass is 79.9. The maximum atomic E-state index is 2.50. The fourth-order valence-corrected chi connectivity index (χ4v) is 3.45. The minimum atomic E-state index is 0. The summed E-state index contributed by atoms with van der Waals surface area (Å²) in [5.74, 6) is 0. The van der Waals surface area contributed by atoms with Gasteiger partial charge in [-0.05, 0) is 31.4 Å². The van der Waals surface area contributed by atoms with E-state index in [1.54, 1.807) is 0 Å². The molecule has 0 unspecified atom stereocenters. The molecule has 0 aliphatic rings. The number of aromatic nitrogens is 1. The van der Waals surface area contributed by atoms with Crippen molar-refractivity contribution in [1.82, 2.24) is 4.57 Å². The Bertz CT molecular complexity index is 730. The summed E-state index contributed by atoms with van der Waals surface area (Å²) in [6, 6.07) is 17.6. The van der Waals surface area contributed by atoms with E-state index >= 15 is 0 Å². The van der Waals surface area contributed by atoms with Crippen LogP contribution in [-0.4, -0.2) is 36.7 Å². The second-order valence-corrected chi connectivity index (χ2v) is 7.61. The van der Waals surface area contributed by atoms with E-state index in [1.165, 1.54) is 54.0 Å². The van der Waals surface area contributed by atoms with E-state index in [4.69, 9.17) is 0 Å². The molecule has 3 rings (SSSR count). The van der Waals surface area contributed by atoms with E-state index in [0.717, 1.165) is 11.0 Å². The smallest absolute Gasteiger partial charge is 0.0780 e. The summed E-state index contributed by atoms with van der Waals surface area (Å²) in [6.45, 7) is 2.40. The number of rotatable bonds is 7. The third-order valence-electron chi connectivity index (χ3n) is 4.64. The van der Waals surface area contributed by atoms with Crippen molar-refractivity contribution in [3.05, 3.63) is 48.5 Å². The maximum absolute atomic E-state index is 2.50. The molecule has 0 fully saturated rings. The van der Waals surface area contributed by atoms with E-state index in [1.807, 2.05) is 0 Å². The fraction of sp³-hybridized carbons (Fsp3) is 0.429. The molecule has 24 heavy (non-hydrogen) atoms. The van der Waals surface area contributed by atoms with Crippen molar-refractivity contribution >= 4 is 21.8 Å². The van der Waals surface area contributed by atoms with Crippen LogP contribution in [0.1, 0.15) is 25.7 Å². The number of aryl methyl sites for hydroxylation is 1. The summed E-state index contributed by atoms with van der Waals surface area (Å²) in [6.07, 6.45) is 5.25. The largest absolute Gasteiger partial charge is 1.00 e. The zero-order valence-corrected chi connectivity index (χ0v) is 16.7. The van der Waals surface area contributed by atoms with Crippen LogP contribution in [0.4, 0.5) is 0 Å². The summed E-state index contributed by atoms with van der Waals surface area (Å²) >= 11 is 0. The van der Waals surface area contributed by atoms with Gasteiger partial charge in [0, 0.05) is 28.4 Å². The van der Waals surface area contributed by atoms with Gasteiger partial charge in [0.25, 0.3) is 0 Å². The molecule has 2 aromatic carbocycles. The molecule has 3 heteroatoms. The zero-order chi connectivity index (χ0) is 16.3. The minimum Gasteiger partial charge on any atom is -1.00 e. The van der Waals surface area contributed by atoms with Gasteiger partial charge in [-0.15, -0.1) is 0 Å². The predicted molar refractivity (Wildman–Crippen MR) is 101 cm³/mol. The molecule has 1 aromatic heterocycles. The lowest BCUT2D eigenvalue weighted by molar-refractivity contribution is -0.870. The van der Waals surface area contributed by atoms with Gasteiger partial charge >= 0.3 is 0 Å². The second-order valence-electron chi connectivity index (χ2n) is 7.61. The van der Waals surface area contributed by atoms with Gasteiger partial charge in [-0.1, -0.05) is 42.8 Å². The lowest BCUT2D eigenvalue weighted by Crippen LogP contribution is -3.00. The Balaban J connectivity index is 0.00000208. The molecular weight excluding hydrogens is 360 g/mol. The number of unbranched alkanes of at least 4 members (excludes halogenated alkanes) is 3. The normalized spacial score (nSPS) is 11.8. The summed E-state index contributed by atoms with van der Waals surface area (Å²) in [5, 5.41) is 2.77. The third kappa shape index (κ3) is 4.40. The summed E-state index contributed by atoms with van der Waals surface area (Å²) in [7, 11) is 6.83. The molecular formula is C21H29BrN2. The highest BCUT2D eigenvalue weighted by Crippen LogP contribution is 2.29. The molecule has 0 amide bonds. The Morgan fingerprint density at radius 3 is 1.75 bits per heavy atom. The Labute approximate surface area is 156 Å². The number of para-hydroxylation sites is 2. The van der Waals surface area contributed by atoms with Crippen LogP contribution in [0, 0.1) is 0 Å². The molecule has 0 aliphatic heterocycles. The standard InChI is InChI=1S/C21H29N2.BrH/c1-23(2,3)17-11-5-4-10-16-22-20-14-8-6-12-18(20)19-13-7-9-15-21(19)22;/h6-9,12-15H,4-5,10-11,16-17H2,1-3H3;1H/q+1;/p-1. The molecule has 0 spiro atoms. The quantitative estimate of drug-likeness (QED) is 0.431. The zero-order valence-electron chi connectivity index (χ0n) is 15.1. The van der Waals surface area contributed by atoms with Crippen LogP contribution in [-0.2, 0) is 6.54 Å². The van der Waals surface area contributed by atoms with Gasteiger partial charge in [-0.2, -0.15) is 0 Å². The topological polar surface area (TPSA) is 4.93 Å². The Morgan fingerprint density at radius 2 is 1.21 bits per heavy atom. The van der Waals surface area contributed by atoms with E-state index in [-0.39, 0.29) is 17.0 Å². The van der Waals surface area contributed by atoms with Gasteiger partial charge in [0.05, 0.1) is 27.7 Å². The van der Waals surface area contributed by atoms with Crippen molar-refractivity contribution < 1.29 is 21.5 Å². The van der Waals surface area contributed by atoms with E-state index in [2.05, 4.69) is 74.2 Å². The fourth-order valence-electron chi connectivity index (χ4n) is 3.45. The number of benzene rings is 2. The molecule has 0 aliphatic carbocycles. The van der Waals surface area contributed by atoms with Gasteiger partial charge in [-0.3, -0.25) is 0 Å². The molecule has 0 radical (unpaired) electrons. The van der Waals surface area contributed by atoms with Gasteiger partial charge in [0.15, 0.2) is 0 Å². The lowest BCUT2D eigenvalue weighted by atomic mass is 10.2. The molecule has 0 bridgehead atoms. The third-order valence-corrected chi connectivity index (χ3v) is 4.64. The van der Waals surface area contributed by atoms with Crippen molar-refractivity contribution in [2.45, 2.75) is 32.2 Å². The maximum Gasteiger partial charge on any atom is 0.0780 e. The van der Waals surface area contributed by atoms with Crippen LogP contribution in [0.3, 0.4) is 0 Å². The Kier molecular flexibility index (Phi) is 6.47. The van der Waals surface area contributed by atoms with Gasteiger partial charge in [0.1, 0.15) is 0 Å². The molecule has 0 saturated heterocycles. The summed E-state index contributed by atoms with van der Waals surface area (Å²) < 4.78 is 3.58. The van der Waals surface area contributed by atoms with Crippen molar-refractivity contribution in [3.63, 3.8) is 0 Å². The minimum absolute atomic E-state index is 0. The molecule has 1 heterocycles. The number of hydrogen-bond acceptors (Lipinski definition) is 0. The van der Waals surface area contributed by atoms with Crippen LogP contribution in [0.25, 0.3) is 21.8 Å². The van der Waals surface area contributed by atoms with Gasteiger partial charge < -0.3 is 26.0 Å². The van der Waals surface area contributed by atoms with Crippen LogP contribution in [0.5, 0.6) is 0 Å². The first-order chi connectivity index (χ1) is 11.1. The molecule has 3 aromatic rings. The van der Waals surface area contributed by atoms with Crippen molar-refractivity contribution in [2.24, 2.45) is 0 Å². The van der Waals surface area contributed by atoms with Gasteiger partial charge in [-0.25, -0.2) is 0 Å². The highest BCUT2D eigenvalue weighted by molar-refractivity contribution is 6.07. The van der Waals surface area contributed by atoms with E-state index in [9.17, 15) is 0 Å². The Hall–Kier alpha value is -1.32. The number of halogens is 1.